The van der Waals surface area contributed by atoms with Crippen molar-refractivity contribution in [3.63, 3.8) is 0 Å². The number of halogens is 2. The SMILES string of the molecule is CC(C)(C)c1ccc(N(c2ccc(C(C)(C)C)cc2)c2cc(C(C)(C)C)cc(Cl)c2Cl)cc1. The average Bonchev–Trinajstić information content (AvgIpc) is 2.70. The molecule has 0 radical (unpaired) electrons. The summed E-state index contributed by atoms with van der Waals surface area (Å²) in [5.74, 6) is 0. The molecule has 3 rings (SSSR count). The summed E-state index contributed by atoms with van der Waals surface area (Å²) >= 11 is 13.5. The topological polar surface area (TPSA) is 3.24 Å². The van der Waals surface area contributed by atoms with Crippen LogP contribution in [0.25, 0.3) is 0 Å². The maximum atomic E-state index is 6.84. The van der Waals surface area contributed by atoms with E-state index in [4.69, 9.17) is 23.2 Å². The summed E-state index contributed by atoms with van der Waals surface area (Å²) in [7, 11) is 0. The predicted octanol–water partition coefficient (Wildman–Crippen LogP) is 10.4. The van der Waals surface area contributed by atoms with Gasteiger partial charge in [-0.25, -0.2) is 0 Å². The van der Waals surface area contributed by atoms with Crippen LogP contribution in [0.2, 0.25) is 10.0 Å². The normalized spacial score (nSPS) is 12.7. The largest absolute Gasteiger partial charge is 0.309 e. The third-order valence-electron chi connectivity index (χ3n) is 6.10. The Balaban J connectivity index is 2.24. The number of rotatable bonds is 3. The summed E-state index contributed by atoms with van der Waals surface area (Å²) in [6.45, 7) is 20.0. The van der Waals surface area contributed by atoms with Crippen LogP contribution in [0.5, 0.6) is 0 Å². The van der Waals surface area contributed by atoms with Crippen molar-refractivity contribution >= 4 is 40.3 Å². The van der Waals surface area contributed by atoms with Crippen molar-refractivity contribution < 1.29 is 0 Å². The van der Waals surface area contributed by atoms with E-state index in [0.29, 0.717) is 10.0 Å². The Kier molecular flexibility index (Phi) is 7.00. The lowest BCUT2D eigenvalue weighted by Crippen LogP contribution is -2.16. The first kappa shape index (κ1) is 25.7. The van der Waals surface area contributed by atoms with Gasteiger partial charge in [0.05, 0.1) is 15.7 Å². The molecule has 0 spiro atoms. The van der Waals surface area contributed by atoms with Crippen LogP contribution in [0.3, 0.4) is 0 Å². The average molecular weight is 483 g/mol. The number of nitrogens with zero attached hydrogens (tertiary/aromatic N) is 1. The number of hydrogen-bond donors (Lipinski definition) is 0. The summed E-state index contributed by atoms with van der Waals surface area (Å²) in [6, 6.07) is 21.7. The lowest BCUT2D eigenvalue weighted by molar-refractivity contribution is 0.589. The molecule has 0 saturated heterocycles. The van der Waals surface area contributed by atoms with Gasteiger partial charge in [-0.3, -0.25) is 0 Å². The van der Waals surface area contributed by atoms with Gasteiger partial charge in [-0.15, -0.1) is 0 Å². The van der Waals surface area contributed by atoms with Gasteiger partial charge < -0.3 is 4.90 Å². The number of anilines is 3. The molecule has 0 bridgehead atoms. The second-order valence-corrected chi connectivity index (χ2v) is 12.8. The van der Waals surface area contributed by atoms with Crippen LogP contribution >= 0.6 is 23.2 Å². The van der Waals surface area contributed by atoms with Crippen molar-refractivity contribution in [2.75, 3.05) is 4.90 Å². The fourth-order valence-electron chi connectivity index (χ4n) is 3.82. The van der Waals surface area contributed by atoms with Crippen molar-refractivity contribution in [2.45, 2.75) is 78.6 Å². The van der Waals surface area contributed by atoms with Gasteiger partial charge in [0.15, 0.2) is 0 Å². The fourth-order valence-corrected chi connectivity index (χ4v) is 4.23. The lowest BCUT2D eigenvalue weighted by atomic mass is 9.86. The smallest absolute Gasteiger partial charge is 0.0833 e. The summed E-state index contributed by atoms with van der Waals surface area (Å²) in [5, 5.41) is 1.13. The molecule has 176 valence electrons. The van der Waals surface area contributed by atoms with E-state index in [-0.39, 0.29) is 16.2 Å². The van der Waals surface area contributed by atoms with E-state index in [9.17, 15) is 0 Å². The summed E-state index contributed by atoms with van der Waals surface area (Å²) in [4.78, 5) is 2.21. The van der Waals surface area contributed by atoms with E-state index in [1.807, 2.05) is 6.07 Å². The van der Waals surface area contributed by atoms with Crippen molar-refractivity contribution in [2.24, 2.45) is 0 Å². The third-order valence-corrected chi connectivity index (χ3v) is 6.89. The molecule has 1 nitrogen and oxygen atoms in total. The van der Waals surface area contributed by atoms with E-state index >= 15 is 0 Å². The first-order valence-electron chi connectivity index (χ1n) is 11.6. The van der Waals surface area contributed by atoms with Gasteiger partial charge >= 0.3 is 0 Å². The summed E-state index contributed by atoms with van der Waals surface area (Å²) in [5.41, 5.74) is 6.85. The maximum absolute atomic E-state index is 6.84. The van der Waals surface area contributed by atoms with Crippen LogP contribution in [-0.2, 0) is 16.2 Å². The van der Waals surface area contributed by atoms with Crippen LogP contribution in [0, 0.1) is 0 Å². The van der Waals surface area contributed by atoms with Crippen LogP contribution in [0.15, 0.2) is 60.7 Å². The molecule has 0 aliphatic rings. The van der Waals surface area contributed by atoms with E-state index in [2.05, 4.69) is 122 Å². The van der Waals surface area contributed by atoms with Crippen molar-refractivity contribution in [3.05, 3.63) is 87.4 Å². The zero-order valence-corrected chi connectivity index (χ0v) is 23.0. The Hall–Kier alpha value is -1.96. The van der Waals surface area contributed by atoms with E-state index in [0.717, 1.165) is 22.6 Å². The zero-order valence-electron chi connectivity index (χ0n) is 21.5. The highest BCUT2D eigenvalue weighted by molar-refractivity contribution is 6.44. The Bertz CT molecular complexity index is 1050. The van der Waals surface area contributed by atoms with E-state index in [1.165, 1.54) is 11.1 Å². The Morgan fingerprint density at radius 1 is 0.515 bits per heavy atom. The second-order valence-electron chi connectivity index (χ2n) is 12.0. The fraction of sp³-hybridized carbons (Fsp3) is 0.400. The highest BCUT2D eigenvalue weighted by atomic mass is 35.5. The van der Waals surface area contributed by atoms with Crippen LogP contribution in [0.1, 0.15) is 79.0 Å². The van der Waals surface area contributed by atoms with Gasteiger partial charge in [-0.05, 0) is 69.3 Å². The zero-order chi connectivity index (χ0) is 24.8. The van der Waals surface area contributed by atoms with Gasteiger partial charge in [0.25, 0.3) is 0 Å². The van der Waals surface area contributed by atoms with Gasteiger partial charge in [0.2, 0.25) is 0 Å². The van der Waals surface area contributed by atoms with E-state index < -0.39 is 0 Å². The molecule has 0 heterocycles. The predicted molar refractivity (Wildman–Crippen MR) is 147 cm³/mol. The summed E-state index contributed by atoms with van der Waals surface area (Å²) in [6.07, 6.45) is 0. The molecular weight excluding hydrogens is 445 g/mol. The molecule has 3 aromatic carbocycles. The van der Waals surface area contributed by atoms with E-state index in [1.54, 1.807) is 0 Å². The molecule has 0 fully saturated rings. The molecule has 0 saturated carbocycles. The standard InChI is InChI=1S/C30H37Cl2N/c1-28(2,3)20-10-14-23(15-11-20)33(24-16-12-21(13-17-24)29(4,5)6)26-19-22(30(7,8)9)18-25(31)27(26)32/h10-19H,1-9H3. The molecule has 0 aliphatic heterocycles. The molecule has 3 heteroatoms. The highest BCUT2D eigenvalue weighted by Crippen LogP contribution is 2.44. The number of hydrogen-bond acceptors (Lipinski definition) is 1. The Labute approximate surface area is 210 Å². The minimum absolute atomic E-state index is 0.0547. The molecule has 0 aromatic heterocycles. The molecule has 3 aromatic rings. The monoisotopic (exact) mass is 481 g/mol. The first-order chi connectivity index (χ1) is 15.1. The van der Waals surface area contributed by atoms with Crippen LogP contribution in [-0.4, -0.2) is 0 Å². The third kappa shape index (κ3) is 5.76. The lowest BCUT2D eigenvalue weighted by Gasteiger charge is -2.30. The summed E-state index contributed by atoms with van der Waals surface area (Å²) < 4.78 is 0. The molecule has 0 amide bonds. The van der Waals surface area contributed by atoms with Crippen molar-refractivity contribution in [1.29, 1.82) is 0 Å². The van der Waals surface area contributed by atoms with Crippen LogP contribution in [0.4, 0.5) is 17.1 Å². The molecule has 33 heavy (non-hydrogen) atoms. The Morgan fingerprint density at radius 3 is 1.21 bits per heavy atom. The molecule has 0 atom stereocenters. The van der Waals surface area contributed by atoms with Crippen LogP contribution < -0.4 is 4.90 Å². The first-order valence-corrected chi connectivity index (χ1v) is 12.4. The second kappa shape index (κ2) is 9.01. The number of benzene rings is 3. The van der Waals surface area contributed by atoms with Crippen molar-refractivity contribution in [3.8, 4) is 0 Å². The van der Waals surface area contributed by atoms with Gasteiger partial charge in [-0.2, -0.15) is 0 Å². The quantitative estimate of drug-likeness (QED) is 0.359. The van der Waals surface area contributed by atoms with Gasteiger partial charge in [0.1, 0.15) is 0 Å². The molecule has 0 aliphatic carbocycles. The van der Waals surface area contributed by atoms with Crippen molar-refractivity contribution in [1.82, 2.24) is 0 Å². The maximum Gasteiger partial charge on any atom is 0.0833 e. The molecule has 0 N–H and O–H groups in total. The minimum Gasteiger partial charge on any atom is -0.309 e. The van der Waals surface area contributed by atoms with Gasteiger partial charge in [-0.1, -0.05) is 110 Å². The highest BCUT2D eigenvalue weighted by Gasteiger charge is 2.24. The minimum atomic E-state index is -0.0547. The molecular formula is C30H37Cl2N. The molecule has 0 unspecified atom stereocenters. The Morgan fingerprint density at radius 2 is 0.879 bits per heavy atom. The van der Waals surface area contributed by atoms with Gasteiger partial charge in [0, 0.05) is 11.4 Å².